The SMILES string of the molecule is Cc1cc(C)c(OCCNC(=O)Nc2cc(C)on2)c(C)c1. The highest BCUT2D eigenvalue weighted by Crippen LogP contribution is 2.24. The van der Waals surface area contributed by atoms with E-state index in [1.807, 2.05) is 13.8 Å². The summed E-state index contributed by atoms with van der Waals surface area (Å²) in [7, 11) is 0. The zero-order chi connectivity index (χ0) is 16.1. The minimum atomic E-state index is -0.339. The number of ether oxygens (including phenoxy) is 1. The topological polar surface area (TPSA) is 76.4 Å². The molecule has 0 saturated heterocycles. The summed E-state index contributed by atoms with van der Waals surface area (Å²) in [5, 5.41) is 8.97. The fourth-order valence-electron chi connectivity index (χ4n) is 2.30. The number of amides is 2. The molecule has 0 fully saturated rings. The predicted octanol–water partition coefficient (Wildman–Crippen LogP) is 3.11. The maximum absolute atomic E-state index is 11.7. The van der Waals surface area contributed by atoms with Crippen LogP contribution in [-0.2, 0) is 0 Å². The van der Waals surface area contributed by atoms with Crippen LogP contribution in [0.25, 0.3) is 0 Å². The van der Waals surface area contributed by atoms with Gasteiger partial charge in [-0.2, -0.15) is 0 Å². The van der Waals surface area contributed by atoms with E-state index >= 15 is 0 Å². The van der Waals surface area contributed by atoms with Crippen LogP contribution in [0.4, 0.5) is 10.6 Å². The summed E-state index contributed by atoms with van der Waals surface area (Å²) in [6.07, 6.45) is 0. The van der Waals surface area contributed by atoms with Crippen LogP contribution in [-0.4, -0.2) is 24.3 Å². The van der Waals surface area contributed by atoms with Crippen LogP contribution in [0, 0.1) is 27.7 Å². The van der Waals surface area contributed by atoms with E-state index in [9.17, 15) is 4.79 Å². The molecule has 0 spiro atoms. The van der Waals surface area contributed by atoms with Crippen LogP contribution in [0.3, 0.4) is 0 Å². The molecule has 2 N–H and O–H groups in total. The van der Waals surface area contributed by atoms with E-state index in [4.69, 9.17) is 9.26 Å². The van der Waals surface area contributed by atoms with Crippen molar-refractivity contribution in [2.75, 3.05) is 18.5 Å². The Kier molecular flexibility index (Phi) is 5.04. The Hall–Kier alpha value is -2.50. The first-order chi connectivity index (χ1) is 10.5. The van der Waals surface area contributed by atoms with Crippen molar-refractivity contribution < 1.29 is 14.1 Å². The second-order valence-corrected chi connectivity index (χ2v) is 5.28. The van der Waals surface area contributed by atoms with Crippen LogP contribution in [0.2, 0.25) is 0 Å². The molecule has 2 aromatic rings. The van der Waals surface area contributed by atoms with Crippen molar-refractivity contribution in [1.29, 1.82) is 0 Å². The van der Waals surface area contributed by atoms with E-state index in [-0.39, 0.29) is 6.03 Å². The number of nitrogens with one attached hydrogen (secondary N) is 2. The molecule has 22 heavy (non-hydrogen) atoms. The molecule has 2 amide bonds. The Balaban J connectivity index is 1.76. The zero-order valence-corrected chi connectivity index (χ0v) is 13.3. The van der Waals surface area contributed by atoms with Gasteiger partial charge in [-0.25, -0.2) is 4.79 Å². The summed E-state index contributed by atoms with van der Waals surface area (Å²) < 4.78 is 10.6. The van der Waals surface area contributed by atoms with Crippen LogP contribution in [0.1, 0.15) is 22.5 Å². The molecule has 0 atom stereocenters. The lowest BCUT2D eigenvalue weighted by Crippen LogP contribution is -2.32. The summed E-state index contributed by atoms with van der Waals surface area (Å²) >= 11 is 0. The summed E-state index contributed by atoms with van der Waals surface area (Å²) in [6, 6.07) is 5.47. The van der Waals surface area contributed by atoms with Gasteiger partial charge in [0, 0.05) is 6.07 Å². The van der Waals surface area contributed by atoms with Crippen LogP contribution in [0.15, 0.2) is 22.7 Å². The molecule has 6 heteroatoms. The smallest absolute Gasteiger partial charge is 0.320 e. The number of benzene rings is 1. The Bertz CT molecular complexity index is 641. The summed E-state index contributed by atoms with van der Waals surface area (Å²) in [5.74, 6) is 1.91. The number of nitrogens with zero attached hydrogens (tertiary/aromatic N) is 1. The molecule has 0 aliphatic heterocycles. The van der Waals surface area contributed by atoms with Crippen LogP contribution < -0.4 is 15.4 Å². The average Bonchev–Trinajstić information content (AvgIpc) is 2.82. The molecule has 6 nitrogen and oxygen atoms in total. The lowest BCUT2D eigenvalue weighted by molar-refractivity contribution is 0.247. The number of carbonyl (C=O) groups excluding carboxylic acids is 1. The quantitative estimate of drug-likeness (QED) is 0.832. The molecule has 1 aromatic carbocycles. The highest BCUT2D eigenvalue weighted by Gasteiger charge is 2.07. The molecule has 1 heterocycles. The maximum Gasteiger partial charge on any atom is 0.320 e. The predicted molar refractivity (Wildman–Crippen MR) is 84.4 cm³/mol. The molecule has 118 valence electrons. The fraction of sp³-hybridized carbons (Fsp3) is 0.375. The highest BCUT2D eigenvalue weighted by molar-refractivity contribution is 5.88. The van der Waals surface area contributed by atoms with Gasteiger partial charge in [0.25, 0.3) is 0 Å². The van der Waals surface area contributed by atoms with E-state index < -0.39 is 0 Å². The van der Waals surface area contributed by atoms with E-state index in [2.05, 4.69) is 34.8 Å². The monoisotopic (exact) mass is 303 g/mol. The molecule has 2 rings (SSSR count). The van der Waals surface area contributed by atoms with Gasteiger partial charge >= 0.3 is 6.03 Å². The highest BCUT2D eigenvalue weighted by atomic mass is 16.5. The first-order valence-electron chi connectivity index (χ1n) is 7.14. The van der Waals surface area contributed by atoms with E-state index in [0.717, 1.165) is 16.9 Å². The lowest BCUT2D eigenvalue weighted by Gasteiger charge is -2.13. The Morgan fingerprint density at radius 1 is 1.18 bits per heavy atom. The summed E-state index contributed by atoms with van der Waals surface area (Å²) in [6.45, 7) is 8.65. The maximum atomic E-state index is 11.7. The van der Waals surface area contributed by atoms with Gasteiger partial charge in [0.2, 0.25) is 0 Å². The van der Waals surface area contributed by atoms with Gasteiger partial charge in [0.05, 0.1) is 6.54 Å². The number of hydrogen-bond acceptors (Lipinski definition) is 4. The Morgan fingerprint density at radius 2 is 1.86 bits per heavy atom. The molecule has 0 aliphatic carbocycles. The number of anilines is 1. The van der Waals surface area contributed by atoms with Crippen molar-refractivity contribution in [3.63, 3.8) is 0 Å². The third-order valence-electron chi connectivity index (χ3n) is 3.11. The summed E-state index contributed by atoms with van der Waals surface area (Å²) in [4.78, 5) is 11.7. The zero-order valence-electron chi connectivity index (χ0n) is 13.3. The molecule has 0 radical (unpaired) electrons. The van der Waals surface area contributed by atoms with E-state index in [1.165, 1.54) is 5.56 Å². The van der Waals surface area contributed by atoms with Crippen molar-refractivity contribution in [2.24, 2.45) is 0 Å². The molecule has 0 saturated carbocycles. The van der Waals surface area contributed by atoms with Gasteiger partial charge in [0.1, 0.15) is 18.1 Å². The van der Waals surface area contributed by atoms with Crippen molar-refractivity contribution in [2.45, 2.75) is 27.7 Å². The molecular formula is C16H21N3O3. The van der Waals surface area contributed by atoms with E-state index in [1.54, 1.807) is 13.0 Å². The van der Waals surface area contributed by atoms with Crippen LogP contribution in [0.5, 0.6) is 5.75 Å². The van der Waals surface area contributed by atoms with Crippen molar-refractivity contribution in [3.8, 4) is 5.75 Å². The van der Waals surface area contributed by atoms with Crippen molar-refractivity contribution >= 4 is 11.8 Å². The van der Waals surface area contributed by atoms with Gasteiger partial charge in [-0.15, -0.1) is 0 Å². The van der Waals surface area contributed by atoms with Gasteiger partial charge in [0.15, 0.2) is 5.82 Å². The summed E-state index contributed by atoms with van der Waals surface area (Å²) in [5.41, 5.74) is 3.41. The molecular weight excluding hydrogens is 282 g/mol. The third-order valence-corrected chi connectivity index (χ3v) is 3.11. The van der Waals surface area contributed by atoms with Crippen molar-refractivity contribution in [3.05, 3.63) is 40.6 Å². The second kappa shape index (κ2) is 6.98. The van der Waals surface area contributed by atoms with Crippen molar-refractivity contribution in [1.82, 2.24) is 10.5 Å². The standard InChI is InChI=1S/C16H21N3O3/c1-10-7-11(2)15(12(3)8-10)21-6-5-17-16(20)18-14-9-13(4)22-19-14/h7-9H,5-6H2,1-4H3,(H2,17,18,19,20). The number of carbonyl (C=O) groups is 1. The molecule has 0 unspecified atom stereocenters. The minimum absolute atomic E-state index is 0.339. The van der Waals surface area contributed by atoms with Crippen LogP contribution >= 0.6 is 0 Å². The number of urea groups is 1. The first-order valence-corrected chi connectivity index (χ1v) is 7.14. The minimum Gasteiger partial charge on any atom is -0.491 e. The van der Waals surface area contributed by atoms with Gasteiger partial charge in [-0.05, 0) is 38.8 Å². The first kappa shape index (κ1) is 15.9. The second-order valence-electron chi connectivity index (χ2n) is 5.28. The average molecular weight is 303 g/mol. The molecule has 0 bridgehead atoms. The largest absolute Gasteiger partial charge is 0.491 e. The molecule has 1 aromatic heterocycles. The fourth-order valence-corrected chi connectivity index (χ4v) is 2.30. The Morgan fingerprint density at radius 3 is 2.45 bits per heavy atom. The normalized spacial score (nSPS) is 10.4. The molecule has 0 aliphatic rings. The van der Waals surface area contributed by atoms with Gasteiger partial charge in [-0.1, -0.05) is 22.9 Å². The number of aromatic nitrogens is 1. The van der Waals surface area contributed by atoms with Gasteiger partial charge < -0.3 is 14.6 Å². The number of hydrogen-bond donors (Lipinski definition) is 2. The number of rotatable bonds is 5. The number of aryl methyl sites for hydroxylation is 4. The third kappa shape index (κ3) is 4.25. The van der Waals surface area contributed by atoms with Gasteiger partial charge in [-0.3, -0.25) is 5.32 Å². The Labute approximate surface area is 129 Å². The lowest BCUT2D eigenvalue weighted by atomic mass is 10.1. The van der Waals surface area contributed by atoms with E-state index in [0.29, 0.717) is 24.7 Å².